The molecule has 0 saturated heterocycles. The Balaban J connectivity index is 2.26. The second-order valence-electron chi connectivity index (χ2n) is 8.96. The lowest BCUT2D eigenvalue weighted by Gasteiger charge is -2.59. The molecule has 2 heteroatoms. The third-order valence-corrected chi connectivity index (χ3v) is 6.60. The van der Waals surface area contributed by atoms with E-state index in [2.05, 4.69) is 33.9 Å². The molecule has 22 heavy (non-hydrogen) atoms. The summed E-state index contributed by atoms with van der Waals surface area (Å²) in [7, 11) is 0. The highest BCUT2D eigenvalue weighted by Gasteiger charge is 2.54. The topological polar surface area (TPSA) is 40.5 Å². The molecule has 0 spiro atoms. The SMILES string of the molecule is C=CC(C)(O)CCC1C(=C)CCC2C(C)(C)CC(O)CC12C. The van der Waals surface area contributed by atoms with Crippen LogP contribution in [0.4, 0.5) is 0 Å². The fourth-order valence-corrected chi connectivity index (χ4v) is 5.51. The fourth-order valence-electron chi connectivity index (χ4n) is 5.51. The van der Waals surface area contributed by atoms with Crippen molar-refractivity contribution < 1.29 is 10.2 Å². The van der Waals surface area contributed by atoms with E-state index < -0.39 is 5.60 Å². The lowest BCUT2D eigenvalue weighted by molar-refractivity contribution is -0.108. The third kappa shape index (κ3) is 3.19. The van der Waals surface area contributed by atoms with E-state index >= 15 is 0 Å². The second kappa shape index (κ2) is 5.79. The molecular formula is C20H34O2. The van der Waals surface area contributed by atoms with Crippen LogP contribution in [0.15, 0.2) is 24.8 Å². The maximum absolute atomic E-state index is 10.4. The van der Waals surface area contributed by atoms with Gasteiger partial charge in [-0.2, -0.15) is 0 Å². The van der Waals surface area contributed by atoms with E-state index in [1.165, 1.54) is 12.0 Å². The molecule has 2 aliphatic carbocycles. The Hall–Kier alpha value is -0.600. The van der Waals surface area contributed by atoms with E-state index in [0.717, 1.165) is 25.7 Å². The van der Waals surface area contributed by atoms with E-state index in [0.29, 0.717) is 18.3 Å². The zero-order valence-electron chi connectivity index (χ0n) is 14.9. The van der Waals surface area contributed by atoms with E-state index in [-0.39, 0.29) is 16.9 Å². The Kier molecular flexibility index (Phi) is 4.68. The van der Waals surface area contributed by atoms with Crippen molar-refractivity contribution in [3.8, 4) is 0 Å². The van der Waals surface area contributed by atoms with Gasteiger partial charge in [-0.05, 0) is 68.1 Å². The molecule has 0 bridgehead atoms. The van der Waals surface area contributed by atoms with E-state index in [1.807, 2.05) is 6.92 Å². The summed E-state index contributed by atoms with van der Waals surface area (Å²) >= 11 is 0. The molecule has 2 rings (SSSR count). The average molecular weight is 306 g/mol. The molecule has 126 valence electrons. The van der Waals surface area contributed by atoms with Gasteiger partial charge >= 0.3 is 0 Å². The Labute approximate surface area is 136 Å². The van der Waals surface area contributed by atoms with Gasteiger partial charge in [0.15, 0.2) is 0 Å². The van der Waals surface area contributed by atoms with Gasteiger partial charge in [0, 0.05) is 0 Å². The van der Waals surface area contributed by atoms with Gasteiger partial charge < -0.3 is 10.2 Å². The molecule has 0 amide bonds. The normalized spacial score (nSPS) is 40.6. The first-order valence-electron chi connectivity index (χ1n) is 8.73. The molecule has 0 aliphatic heterocycles. The van der Waals surface area contributed by atoms with Crippen molar-refractivity contribution in [3.63, 3.8) is 0 Å². The molecule has 2 nitrogen and oxygen atoms in total. The zero-order chi connectivity index (χ0) is 16.8. The van der Waals surface area contributed by atoms with Crippen molar-refractivity contribution in [1.82, 2.24) is 0 Å². The second-order valence-corrected chi connectivity index (χ2v) is 8.96. The Bertz CT molecular complexity index is 449. The summed E-state index contributed by atoms with van der Waals surface area (Å²) in [6, 6.07) is 0. The fraction of sp³-hybridized carbons (Fsp3) is 0.800. The number of rotatable bonds is 4. The van der Waals surface area contributed by atoms with Gasteiger partial charge in [-0.1, -0.05) is 39.0 Å². The van der Waals surface area contributed by atoms with Crippen LogP contribution in [0.5, 0.6) is 0 Å². The smallest absolute Gasteiger partial charge is 0.0797 e. The molecule has 5 atom stereocenters. The molecule has 2 saturated carbocycles. The molecule has 0 aromatic heterocycles. The van der Waals surface area contributed by atoms with Crippen molar-refractivity contribution in [2.45, 2.75) is 77.9 Å². The van der Waals surface area contributed by atoms with Crippen LogP contribution in [0, 0.1) is 22.7 Å². The van der Waals surface area contributed by atoms with Crippen LogP contribution in [0.2, 0.25) is 0 Å². The average Bonchev–Trinajstić information content (AvgIpc) is 2.35. The third-order valence-electron chi connectivity index (χ3n) is 6.60. The van der Waals surface area contributed by atoms with Crippen LogP contribution >= 0.6 is 0 Å². The van der Waals surface area contributed by atoms with Crippen molar-refractivity contribution in [2.75, 3.05) is 0 Å². The van der Waals surface area contributed by atoms with E-state index in [1.54, 1.807) is 6.08 Å². The molecule has 0 heterocycles. The lowest BCUT2D eigenvalue weighted by atomic mass is 9.46. The first kappa shape index (κ1) is 17.7. The summed E-state index contributed by atoms with van der Waals surface area (Å²) in [6.45, 7) is 16.9. The summed E-state index contributed by atoms with van der Waals surface area (Å²) in [5.41, 5.74) is 0.760. The van der Waals surface area contributed by atoms with Gasteiger partial charge in [-0.15, -0.1) is 6.58 Å². The highest BCUT2D eigenvalue weighted by Crippen LogP contribution is 2.61. The summed E-state index contributed by atoms with van der Waals surface area (Å²) < 4.78 is 0. The quantitative estimate of drug-likeness (QED) is 0.752. The zero-order valence-corrected chi connectivity index (χ0v) is 14.9. The van der Waals surface area contributed by atoms with Crippen molar-refractivity contribution in [3.05, 3.63) is 24.8 Å². The van der Waals surface area contributed by atoms with E-state index in [4.69, 9.17) is 0 Å². The monoisotopic (exact) mass is 306 g/mol. The summed E-state index contributed by atoms with van der Waals surface area (Å²) in [5.74, 6) is 1.000. The first-order chi connectivity index (χ1) is 10.0. The minimum atomic E-state index is -0.813. The lowest BCUT2D eigenvalue weighted by Crippen LogP contribution is -2.53. The van der Waals surface area contributed by atoms with Crippen molar-refractivity contribution in [1.29, 1.82) is 0 Å². The van der Waals surface area contributed by atoms with Crippen LogP contribution in [0.3, 0.4) is 0 Å². The minimum absolute atomic E-state index is 0.0910. The molecular weight excluding hydrogens is 272 g/mol. The van der Waals surface area contributed by atoms with Gasteiger partial charge in [-0.3, -0.25) is 0 Å². The molecule has 2 fully saturated rings. The standard InChI is InChI=1S/C20H34O2/c1-7-19(5,22)11-10-16-14(2)8-9-17-18(3,4)12-15(21)13-20(16,17)6/h7,15-17,21-22H,1-2,8-13H2,3-6H3. The van der Waals surface area contributed by atoms with E-state index in [9.17, 15) is 10.2 Å². The van der Waals surface area contributed by atoms with Gasteiger partial charge in [0.2, 0.25) is 0 Å². The highest BCUT2D eigenvalue weighted by atomic mass is 16.3. The number of allylic oxidation sites excluding steroid dienone is 1. The van der Waals surface area contributed by atoms with Crippen LogP contribution in [-0.4, -0.2) is 21.9 Å². The summed E-state index contributed by atoms with van der Waals surface area (Å²) in [6.07, 6.45) is 7.08. The minimum Gasteiger partial charge on any atom is -0.393 e. The Morgan fingerprint density at radius 1 is 1.32 bits per heavy atom. The largest absolute Gasteiger partial charge is 0.393 e. The number of hydrogen-bond acceptors (Lipinski definition) is 2. The van der Waals surface area contributed by atoms with Crippen LogP contribution < -0.4 is 0 Å². The summed E-state index contributed by atoms with van der Waals surface area (Å²) in [5, 5.41) is 20.7. The number of fused-ring (bicyclic) bond motifs is 1. The highest BCUT2D eigenvalue weighted by molar-refractivity contribution is 5.17. The van der Waals surface area contributed by atoms with Gasteiger partial charge in [0.1, 0.15) is 0 Å². The van der Waals surface area contributed by atoms with Crippen LogP contribution in [-0.2, 0) is 0 Å². The molecule has 5 unspecified atom stereocenters. The number of hydrogen-bond donors (Lipinski definition) is 2. The predicted octanol–water partition coefficient (Wildman–Crippen LogP) is 4.47. The van der Waals surface area contributed by atoms with Crippen LogP contribution in [0.1, 0.15) is 66.2 Å². The number of aliphatic hydroxyl groups is 2. The summed E-state index contributed by atoms with van der Waals surface area (Å²) in [4.78, 5) is 0. The van der Waals surface area contributed by atoms with Crippen molar-refractivity contribution >= 4 is 0 Å². The number of aliphatic hydroxyl groups excluding tert-OH is 1. The van der Waals surface area contributed by atoms with Gasteiger partial charge in [-0.25, -0.2) is 0 Å². The molecule has 0 aromatic rings. The first-order valence-corrected chi connectivity index (χ1v) is 8.73. The molecule has 2 N–H and O–H groups in total. The molecule has 0 aromatic carbocycles. The van der Waals surface area contributed by atoms with Gasteiger partial charge in [0.25, 0.3) is 0 Å². The maximum Gasteiger partial charge on any atom is 0.0797 e. The van der Waals surface area contributed by atoms with Crippen LogP contribution in [0.25, 0.3) is 0 Å². The molecule has 0 radical (unpaired) electrons. The maximum atomic E-state index is 10.4. The van der Waals surface area contributed by atoms with Crippen molar-refractivity contribution in [2.24, 2.45) is 22.7 Å². The van der Waals surface area contributed by atoms with Gasteiger partial charge in [0.05, 0.1) is 11.7 Å². The Morgan fingerprint density at radius 3 is 2.55 bits per heavy atom. The predicted molar refractivity (Wildman–Crippen MR) is 92.5 cm³/mol. The molecule has 2 aliphatic rings. The Morgan fingerprint density at radius 2 is 1.95 bits per heavy atom.